The zero-order chi connectivity index (χ0) is 9.94. The fraction of sp³-hybridized carbons (Fsp3) is 1.00. The third-order valence-corrected chi connectivity index (χ3v) is 7.71. The normalized spacial score (nSPS) is 13.2. The third-order valence-electron chi connectivity index (χ3n) is 0.968. The van der Waals surface area contributed by atoms with E-state index in [0.717, 1.165) is 28.3 Å². The predicted octanol–water partition coefficient (Wildman–Crippen LogP) is 4.00. The van der Waals surface area contributed by atoms with Gasteiger partial charge in [-0.1, -0.05) is 50.1 Å². The molecule has 0 bridgehead atoms. The van der Waals surface area contributed by atoms with Crippen LogP contribution in [0.15, 0.2) is 0 Å². The third kappa shape index (κ3) is 12.0. The Kier molecular flexibility index (Phi) is 14.1. The molecule has 80 valence electrons. The van der Waals surface area contributed by atoms with E-state index < -0.39 is 0 Å². The second kappa shape index (κ2) is 12.2. The molecule has 6 heteroatoms. The minimum atomic E-state index is 0.738. The molecule has 0 heterocycles. The molecule has 0 saturated carbocycles. The SMILES string of the molecule is CC(CSSCCS)SSCCS. The molecule has 1 unspecified atom stereocenters. The van der Waals surface area contributed by atoms with Gasteiger partial charge in [0.2, 0.25) is 0 Å². The lowest BCUT2D eigenvalue weighted by Gasteiger charge is -2.08. The Hall–Kier alpha value is 2.10. The number of hydrogen-bond donors (Lipinski definition) is 2. The van der Waals surface area contributed by atoms with Crippen molar-refractivity contribution in [1.82, 2.24) is 0 Å². The maximum atomic E-state index is 4.17. The van der Waals surface area contributed by atoms with Crippen LogP contribution >= 0.6 is 68.4 Å². The standard InChI is InChI=1S/C7H16S6/c1-7(13-11-5-3-9)6-12-10-4-2-8/h7-9H,2-6H2,1H3. The summed E-state index contributed by atoms with van der Waals surface area (Å²) < 4.78 is 0. The van der Waals surface area contributed by atoms with Crippen LogP contribution in [-0.4, -0.2) is 34.0 Å². The monoisotopic (exact) mass is 292 g/mol. The molecule has 0 aliphatic heterocycles. The van der Waals surface area contributed by atoms with Crippen molar-refractivity contribution in [2.24, 2.45) is 0 Å². The van der Waals surface area contributed by atoms with E-state index in [-0.39, 0.29) is 0 Å². The van der Waals surface area contributed by atoms with Crippen molar-refractivity contribution in [3.8, 4) is 0 Å². The van der Waals surface area contributed by atoms with E-state index in [4.69, 9.17) is 0 Å². The van der Waals surface area contributed by atoms with Crippen LogP contribution in [0.3, 0.4) is 0 Å². The van der Waals surface area contributed by atoms with Gasteiger partial charge in [-0.05, 0) is 0 Å². The Labute approximate surface area is 109 Å². The van der Waals surface area contributed by atoms with Gasteiger partial charge in [0.25, 0.3) is 0 Å². The summed E-state index contributed by atoms with van der Waals surface area (Å²) in [5.74, 6) is 5.48. The lowest BCUT2D eigenvalue weighted by Crippen LogP contribution is -1.97. The van der Waals surface area contributed by atoms with Crippen molar-refractivity contribution in [2.75, 3.05) is 28.8 Å². The smallest absolute Gasteiger partial charge is 0.0222 e. The Bertz CT molecular complexity index is 99.0. The summed E-state index contributed by atoms with van der Waals surface area (Å²) in [5, 5.41) is 0.738. The van der Waals surface area contributed by atoms with Gasteiger partial charge in [-0.2, -0.15) is 25.3 Å². The van der Waals surface area contributed by atoms with E-state index in [1.165, 1.54) is 5.75 Å². The molecule has 0 rings (SSSR count). The summed E-state index contributed by atoms with van der Waals surface area (Å²) in [6.07, 6.45) is 0. The Morgan fingerprint density at radius 1 is 1.00 bits per heavy atom. The van der Waals surface area contributed by atoms with Gasteiger partial charge in [-0.25, -0.2) is 0 Å². The van der Waals surface area contributed by atoms with Crippen LogP contribution in [0.1, 0.15) is 6.92 Å². The van der Waals surface area contributed by atoms with Crippen molar-refractivity contribution in [1.29, 1.82) is 0 Å². The van der Waals surface area contributed by atoms with Crippen molar-refractivity contribution >= 4 is 68.4 Å². The van der Waals surface area contributed by atoms with Gasteiger partial charge in [0.05, 0.1) is 0 Å². The molecule has 0 aliphatic rings. The van der Waals surface area contributed by atoms with Gasteiger partial charge >= 0.3 is 0 Å². The average Bonchev–Trinajstić information content (AvgIpc) is 2.13. The van der Waals surface area contributed by atoms with E-state index in [1.54, 1.807) is 0 Å². The number of thiol groups is 2. The lowest BCUT2D eigenvalue weighted by molar-refractivity contribution is 1.15. The van der Waals surface area contributed by atoms with Gasteiger partial charge in [-0.3, -0.25) is 0 Å². The van der Waals surface area contributed by atoms with E-state index in [0.29, 0.717) is 0 Å². The molecule has 1 atom stereocenters. The highest BCUT2D eigenvalue weighted by molar-refractivity contribution is 8.78. The predicted molar refractivity (Wildman–Crippen MR) is 82.1 cm³/mol. The molecule has 0 aromatic rings. The first kappa shape index (κ1) is 15.1. The van der Waals surface area contributed by atoms with E-state index in [1.807, 2.05) is 43.2 Å². The largest absolute Gasteiger partial charge is 0.178 e. The first-order chi connectivity index (χ1) is 6.31. The highest BCUT2D eigenvalue weighted by atomic mass is 33.1. The highest BCUT2D eigenvalue weighted by Crippen LogP contribution is 2.32. The summed E-state index contributed by atoms with van der Waals surface area (Å²) in [4.78, 5) is 0. The first-order valence-corrected chi connectivity index (χ1v) is 10.2. The van der Waals surface area contributed by atoms with Crippen LogP contribution in [0.5, 0.6) is 0 Å². The van der Waals surface area contributed by atoms with Crippen LogP contribution in [0.25, 0.3) is 0 Å². The van der Waals surface area contributed by atoms with Crippen LogP contribution in [0, 0.1) is 0 Å². The van der Waals surface area contributed by atoms with Gasteiger partial charge in [0, 0.05) is 34.0 Å². The van der Waals surface area contributed by atoms with Crippen LogP contribution in [0.4, 0.5) is 0 Å². The molecule has 0 radical (unpaired) electrons. The summed E-state index contributed by atoms with van der Waals surface area (Å²) in [7, 11) is 7.78. The van der Waals surface area contributed by atoms with Crippen LogP contribution in [-0.2, 0) is 0 Å². The molecule has 0 fully saturated rings. The molecule has 0 saturated heterocycles. The summed E-state index contributed by atoms with van der Waals surface area (Å²) in [6.45, 7) is 2.28. The van der Waals surface area contributed by atoms with Gasteiger partial charge in [-0.15, -0.1) is 0 Å². The number of hydrogen-bond acceptors (Lipinski definition) is 6. The lowest BCUT2D eigenvalue weighted by atomic mass is 10.6. The molecule has 0 amide bonds. The summed E-state index contributed by atoms with van der Waals surface area (Å²) >= 11 is 8.33. The highest BCUT2D eigenvalue weighted by Gasteiger charge is 2.02. The molecule has 13 heavy (non-hydrogen) atoms. The maximum Gasteiger partial charge on any atom is 0.0222 e. The molecule has 0 aliphatic carbocycles. The zero-order valence-corrected chi connectivity index (χ0v) is 12.7. The van der Waals surface area contributed by atoms with E-state index >= 15 is 0 Å². The minimum absolute atomic E-state index is 0.738. The molecule has 0 spiro atoms. The topological polar surface area (TPSA) is 0 Å². The zero-order valence-electron chi connectivity index (χ0n) is 7.64. The average molecular weight is 293 g/mol. The summed E-state index contributed by atoms with van der Waals surface area (Å²) in [6, 6.07) is 0. The molecule has 0 aromatic carbocycles. The molecule has 0 nitrogen and oxygen atoms in total. The maximum absolute atomic E-state index is 4.17. The van der Waals surface area contributed by atoms with Crippen molar-refractivity contribution in [3.05, 3.63) is 0 Å². The second-order valence-electron chi connectivity index (χ2n) is 2.28. The minimum Gasteiger partial charge on any atom is -0.178 e. The Morgan fingerprint density at radius 2 is 1.62 bits per heavy atom. The Morgan fingerprint density at radius 3 is 2.23 bits per heavy atom. The molecule has 0 aromatic heterocycles. The quantitative estimate of drug-likeness (QED) is 0.374. The first-order valence-electron chi connectivity index (χ1n) is 4.05. The van der Waals surface area contributed by atoms with Gasteiger partial charge in [0.15, 0.2) is 0 Å². The van der Waals surface area contributed by atoms with Crippen LogP contribution < -0.4 is 0 Å². The Balaban J connectivity index is 3.05. The van der Waals surface area contributed by atoms with E-state index in [2.05, 4.69) is 32.2 Å². The molecular formula is C7H16S6. The fourth-order valence-electron chi connectivity index (χ4n) is 0.469. The van der Waals surface area contributed by atoms with Crippen molar-refractivity contribution in [2.45, 2.75) is 12.2 Å². The fourth-order valence-corrected chi connectivity index (χ4v) is 6.57. The summed E-state index contributed by atoms with van der Waals surface area (Å²) in [5.41, 5.74) is 0. The van der Waals surface area contributed by atoms with E-state index in [9.17, 15) is 0 Å². The second-order valence-corrected chi connectivity index (χ2v) is 8.73. The van der Waals surface area contributed by atoms with Crippen molar-refractivity contribution in [3.63, 3.8) is 0 Å². The van der Waals surface area contributed by atoms with Crippen LogP contribution in [0.2, 0.25) is 0 Å². The molecular weight excluding hydrogens is 276 g/mol. The van der Waals surface area contributed by atoms with Crippen molar-refractivity contribution < 1.29 is 0 Å². The van der Waals surface area contributed by atoms with Gasteiger partial charge in [0.1, 0.15) is 0 Å². The number of rotatable bonds is 9. The molecule has 0 N–H and O–H groups in total. The van der Waals surface area contributed by atoms with Gasteiger partial charge < -0.3 is 0 Å².